The number of anilines is 2. The molecule has 1 saturated heterocycles. The second kappa shape index (κ2) is 11.0. The van der Waals surface area contributed by atoms with Crippen molar-refractivity contribution in [2.75, 3.05) is 41.7 Å². The standard InChI is InChI=1S/C23H28ClF3N6O2S/c1-13(18(28)20(29)35-21(34)23(25,26)27)12-17-19-16(6-11-36-19)30-22(31-17)33-9-7-32(8-10-33)15-4-2-14(24)3-5-15/h2-5,13,18,20H,6-12,28-29H2,1H3. The average Bonchev–Trinajstić information content (AvgIpc) is 3.32. The van der Waals surface area contributed by atoms with Crippen molar-refractivity contribution < 1.29 is 22.7 Å². The lowest BCUT2D eigenvalue weighted by atomic mass is 9.95. The molecule has 196 valence electrons. The van der Waals surface area contributed by atoms with E-state index in [1.54, 1.807) is 18.7 Å². The van der Waals surface area contributed by atoms with Crippen LogP contribution >= 0.6 is 23.4 Å². The molecule has 0 amide bonds. The molecule has 0 saturated carbocycles. The smallest absolute Gasteiger partial charge is 0.438 e. The number of alkyl halides is 3. The lowest BCUT2D eigenvalue weighted by Gasteiger charge is -2.36. The molecule has 0 spiro atoms. The van der Waals surface area contributed by atoms with Gasteiger partial charge >= 0.3 is 12.1 Å². The summed E-state index contributed by atoms with van der Waals surface area (Å²) in [5.74, 6) is -1.23. The summed E-state index contributed by atoms with van der Waals surface area (Å²) in [6.07, 6.45) is -5.53. The van der Waals surface area contributed by atoms with Crippen LogP contribution in [0.25, 0.3) is 0 Å². The van der Waals surface area contributed by atoms with Crippen molar-refractivity contribution in [3.05, 3.63) is 40.7 Å². The number of nitrogens with two attached hydrogens (primary N) is 2. The summed E-state index contributed by atoms with van der Waals surface area (Å²) >= 11 is 7.66. The molecule has 3 unspecified atom stereocenters. The predicted molar refractivity (Wildman–Crippen MR) is 133 cm³/mol. The predicted octanol–water partition coefficient (Wildman–Crippen LogP) is 3.00. The minimum absolute atomic E-state index is 0.369. The molecule has 1 fully saturated rings. The topological polar surface area (TPSA) is 111 Å². The monoisotopic (exact) mass is 544 g/mol. The van der Waals surface area contributed by atoms with Gasteiger partial charge in [-0.1, -0.05) is 18.5 Å². The van der Waals surface area contributed by atoms with Crippen molar-refractivity contribution >= 4 is 41.0 Å². The number of thioether (sulfide) groups is 1. The molecule has 2 aliphatic heterocycles. The van der Waals surface area contributed by atoms with E-state index in [9.17, 15) is 18.0 Å². The van der Waals surface area contributed by atoms with Crippen LogP contribution in [0.2, 0.25) is 5.02 Å². The Hall–Kier alpha value is -2.28. The van der Waals surface area contributed by atoms with Crippen molar-refractivity contribution in [1.82, 2.24) is 9.97 Å². The highest BCUT2D eigenvalue weighted by Crippen LogP contribution is 2.35. The molecule has 1 aromatic heterocycles. The Labute approximate surface area is 216 Å². The number of benzene rings is 1. The van der Waals surface area contributed by atoms with Crippen molar-refractivity contribution in [3.8, 4) is 0 Å². The first-order chi connectivity index (χ1) is 17.0. The van der Waals surface area contributed by atoms with Crippen molar-refractivity contribution in [3.63, 3.8) is 0 Å². The molecule has 13 heteroatoms. The summed E-state index contributed by atoms with van der Waals surface area (Å²) in [4.78, 5) is 26.2. The Morgan fingerprint density at radius 2 is 1.78 bits per heavy atom. The van der Waals surface area contributed by atoms with E-state index in [0.29, 0.717) is 17.4 Å². The molecule has 2 aromatic rings. The third kappa shape index (κ3) is 6.16. The summed E-state index contributed by atoms with van der Waals surface area (Å²) in [5, 5.41) is 0.697. The summed E-state index contributed by atoms with van der Waals surface area (Å²) in [6.45, 7) is 4.83. The maximum absolute atomic E-state index is 12.5. The van der Waals surface area contributed by atoms with E-state index >= 15 is 0 Å². The lowest BCUT2D eigenvalue weighted by Crippen LogP contribution is -2.50. The fourth-order valence-electron chi connectivity index (χ4n) is 4.25. The van der Waals surface area contributed by atoms with Gasteiger partial charge in [-0.25, -0.2) is 14.8 Å². The van der Waals surface area contributed by atoms with Crippen LogP contribution in [0.5, 0.6) is 0 Å². The van der Waals surface area contributed by atoms with E-state index < -0.39 is 30.3 Å². The highest BCUT2D eigenvalue weighted by molar-refractivity contribution is 7.99. The third-order valence-corrected chi connectivity index (χ3v) is 7.78. The number of piperazine rings is 1. The maximum atomic E-state index is 12.5. The number of carbonyl (C=O) groups excluding carboxylic acids is 1. The zero-order valence-electron chi connectivity index (χ0n) is 19.7. The Bertz CT molecular complexity index is 1080. The molecule has 4 N–H and O–H groups in total. The van der Waals surface area contributed by atoms with Gasteiger partial charge in [0, 0.05) is 49.1 Å². The molecule has 2 aliphatic rings. The van der Waals surface area contributed by atoms with E-state index in [-0.39, 0.29) is 0 Å². The Kier molecular flexibility index (Phi) is 8.18. The molecule has 36 heavy (non-hydrogen) atoms. The highest BCUT2D eigenvalue weighted by Gasteiger charge is 2.43. The number of ether oxygens (including phenoxy) is 1. The largest absolute Gasteiger partial charge is 0.490 e. The maximum Gasteiger partial charge on any atom is 0.490 e. The van der Waals surface area contributed by atoms with Crippen LogP contribution in [0, 0.1) is 5.92 Å². The average molecular weight is 545 g/mol. The summed E-state index contributed by atoms with van der Waals surface area (Å²) in [5.41, 5.74) is 14.6. The molecule has 8 nitrogen and oxygen atoms in total. The fourth-order valence-corrected chi connectivity index (χ4v) is 5.49. The number of rotatable bonds is 7. The third-order valence-electron chi connectivity index (χ3n) is 6.36. The van der Waals surface area contributed by atoms with Gasteiger partial charge in [-0.3, -0.25) is 5.73 Å². The van der Waals surface area contributed by atoms with Crippen LogP contribution in [0.15, 0.2) is 29.2 Å². The number of fused-ring (bicyclic) bond motifs is 1. The van der Waals surface area contributed by atoms with Gasteiger partial charge < -0.3 is 20.3 Å². The normalized spacial score (nSPS) is 18.5. The van der Waals surface area contributed by atoms with E-state index in [2.05, 4.69) is 14.5 Å². The number of aryl methyl sites for hydroxylation is 1. The molecule has 1 aromatic carbocycles. The van der Waals surface area contributed by atoms with E-state index in [0.717, 1.165) is 60.3 Å². The Morgan fingerprint density at radius 3 is 2.42 bits per heavy atom. The molecule has 3 atom stereocenters. The van der Waals surface area contributed by atoms with Crippen LogP contribution in [-0.2, 0) is 22.4 Å². The van der Waals surface area contributed by atoms with Gasteiger partial charge in [0.05, 0.1) is 22.3 Å². The zero-order chi connectivity index (χ0) is 26.0. The van der Waals surface area contributed by atoms with Crippen LogP contribution in [0.1, 0.15) is 18.3 Å². The number of hydrogen-bond acceptors (Lipinski definition) is 9. The first-order valence-electron chi connectivity index (χ1n) is 11.6. The fraction of sp³-hybridized carbons (Fsp3) is 0.522. The minimum Gasteiger partial charge on any atom is -0.438 e. The van der Waals surface area contributed by atoms with Gasteiger partial charge in [0.25, 0.3) is 0 Å². The number of esters is 1. The quantitative estimate of drug-likeness (QED) is 0.401. The van der Waals surface area contributed by atoms with Gasteiger partial charge in [-0.2, -0.15) is 13.2 Å². The van der Waals surface area contributed by atoms with E-state index in [4.69, 9.17) is 33.0 Å². The van der Waals surface area contributed by atoms with Gasteiger partial charge in [-0.05, 0) is 36.6 Å². The molecule has 4 rings (SSSR count). The van der Waals surface area contributed by atoms with E-state index in [1.165, 1.54) is 0 Å². The Balaban J connectivity index is 1.44. The number of halogens is 4. The first kappa shape index (κ1) is 26.8. The number of hydrogen-bond donors (Lipinski definition) is 2. The lowest BCUT2D eigenvalue weighted by molar-refractivity contribution is -0.206. The van der Waals surface area contributed by atoms with Crippen LogP contribution in [-0.4, -0.2) is 66.3 Å². The summed E-state index contributed by atoms with van der Waals surface area (Å²) in [7, 11) is 0. The Morgan fingerprint density at radius 1 is 1.14 bits per heavy atom. The van der Waals surface area contributed by atoms with Crippen molar-refractivity contribution in [2.45, 2.75) is 43.1 Å². The minimum atomic E-state index is -5.13. The molecule has 0 bridgehead atoms. The van der Waals surface area contributed by atoms with Gasteiger partial charge in [0.1, 0.15) is 0 Å². The molecule has 0 radical (unpaired) electrons. The van der Waals surface area contributed by atoms with E-state index in [1.807, 2.05) is 24.3 Å². The van der Waals surface area contributed by atoms with Crippen molar-refractivity contribution in [2.24, 2.45) is 17.4 Å². The number of nitrogens with zero attached hydrogens (tertiary/aromatic N) is 4. The second-order valence-corrected chi connectivity index (χ2v) is 10.5. The van der Waals surface area contributed by atoms with Gasteiger partial charge in [-0.15, -0.1) is 11.8 Å². The van der Waals surface area contributed by atoms with Crippen LogP contribution in [0.4, 0.5) is 24.8 Å². The molecule has 3 heterocycles. The molecule has 0 aliphatic carbocycles. The van der Waals surface area contributed by atoms with Gasteiger partial charge in [0.2, 0.25) is 5.95 Å². The highest BCUT2D eigenvalue weighted by atomic mass is 35.5. The molecular formula is C23H28ClF3N6O2S. The SMILES string of the molecule is CC(Cc1nc(N2CCN(c3ccc(Cl)cc3)CC2)nc2c1SCC2)C(N)C(N)OC(=O)C(F)(F)F. The number of carbonyl (C=O) groups is 1. The van der Waals surface area contributed by atoms with Crippen LogP contribution in [0.3, 0.4) is 0 Å². The summed E-state index contributed by atoms with van der Waals surface area (Å²) in [6, 6.07) is 6.75. The zero-order valence-corrected chi connectivity index (χ0v) is 21.2. The van der Waals surface area contributed by atoms with Gasteiger partial charge in [0.15, 0.2) is 6.23 Å². The first-order valence-corrected chi connectivity index (χ1v) is 13.0. The second-order valence-electron chi connectivity index (χ2n) is 8.92. The van der Waals surface area contributed by atoms with Crippen molar-refractivity contribution in [1.29, 1.82) is 0 Å². The molecular weight excluding hydrogens is 517 g/mol. The van der Waals surface area contributed by atoms with Crippen LogP contribution < -0.4 is 21.3 Å². The summed E-state index contributed by atoms with van der Waals surface area (Å²) < 4.78 is 41.9. The number of aromatic nitrogens is 2.